The Morgan fingerprint density at radius 1 is 0.970 bits per heavy atom. The maximum atomic E-state index is 13.8. The van der Waals surface area contributed by atoms with Crippen LogP contribution in [0.25, 0.3) is 11.1 Å². The summed E-state index contributed by atoms with van der Waals surface area (Å²) in [6, 6.07) is 22.5. The summed E-state index contributed by atoms with van der Waals surface area (Å²) in [5.74, 6) is -0.605. The Bertz CT molecular complexity index is 1250. The molecule has 0 atom stereocenters. The van der Waals surface area contributed by atoms with Crippen LogP contribution in [-0.2, 0) is 16.1 Å². The Balaban J connectivity index is 1.85. The quantitative estimate of drug-likeness (QED) is 0.446. The first-order chi connectivity index (χ1) is 15.7. The molecule has 0 radical (unpaired) electrons. The zero-order valence-corrected chi connectivity index (χ0v) is 19.3. The van der Waals surface area contributed by atoms with Crippen molar-refractivity contribution in [2.24, 2.45) is 0 Å². The number of carbonyl (C=O) groups excluding carboxylic acids is 2. The van der Waals surface area contributed by atoms with E-state index in [1.165, 1.54) is 7.11 Å². The standard InChI is InChI=1S/C28H27NO4/c1-18-12-14-20(15-13-18)25(28(2,3)32)24-22-10-5-6-11-23(22)29(26(24)30)17-19-8-7-9-21(16-19)27(31)33-4/h5-16,32H,17H2,1-4H3. The van der Waals surface area contributed by atoms with Crippen LogP contribution in [0.5, 0.6) is 0 Å². The first kappa shape index (κ1) is 22.5. The van der Waals surface area contributed by atoms with Crippen LogP contribution in [-0.4, -0.2) is 29.7 Å². The summed E-state index contributed by atoms with van der Waals surface area (Å²) < 4.78 is 4.83. The number of esters is 1. The van der Waals surface area contributed by atoms with Gasteiger partial charge in [0.05, 0.1) is 36.1 Å². The summed E-state index contributed by atoms with van der Waals surface area (Å²) in [7, 11) is 1.34. The van der Waals surface area contributed by atoms with Crippen molar-refractivity contribution in [1.82, 2.24) is 0 Å². The highest BCUT2D eigenvalue weighted by Gasteiger charge is 2.38. The van der Waals surface area contributed by atoms with E-state index in [0.29, 0.717) is 16.7 Å². The molecular weight excluding hydrogens is 414 g/mol. The lowest BCUT2D eigenvalue weighted by Gasteiger charge is -2.25. The number of amides is 1. The minimum atomic E-state index is -1.24. The van der Waals surface area contributed by atoms with Gasteiger partial charge in [-0.15, -0.1) is 0 Å². The zero-order valence-electron chi connectivity index (χ0n) is 19.3. The summed E-state index contributed by atoms with van der Waals surface area (Å²) >= 11 is 0. The highest BCUT2D eigenvalue weighted by Crippen LogP contribution is 2.44. The first-order valence-corrected chi connectivity index (χ1v) is 10.8. The third kappa shape index (κ3) is 4.32. The summed E-state index contributed by atoms with van der Waals surface area (Å²) in [5.41, 5.74) is 4.54. The van der Waals surface area contributed by atoms with E-state index in [4.69, 9.17) is 4.74 Å². The number of carbonyl (C=O) groups is 2. The van der Waals surface area contributed by atoms with Crippen molar-refractivity contribution in [3.05, 3.63) is 101 Å². The third-order valence-electron chi connectivity index (χ3n) is 5.81. The van der Waals surface area contributed by atoms with E-state index in [0.717, 1.165) is 27.9 Å². The first-order valence-electron chi connectivity index (χ1n) is 10.8. The number of methoxy groups -OCH3 is 1. The number of hydrogen-bond donors (Lipinski definition) is 1. The fourth-order valence-electron chi connectivity index (χ4n) is 4.30. The molecule has 0 bridgehead atoms. The normalized spacial score (nSPS) is 14.8. The zero-order chi connectivity index (χ0) is 23.8. The number of hydrogen-bond acceptors (Lipinski definition) is 4. The molecule has 1 aliphatic rings. The van der Waals surface area contributed by atoms with Crippen molar-refractivity contribution in [1.29, 1.82) is 0 Å². The number of fused-ring (bicyclic) bond motifs is 1. The smallest absolute Gasteiger partial charge is 0.337 e. The van der Waals surface area contributed by atoms with Crippen LogP contribution in [0.4, 0.5) is 5.69 Å². The van der Waals surface area contributed by atoms with Gasteiger partial charge in [-0.1, -0.05) is 60.2 Å². The second-order valence-electron chi connectivity index (χ2n) is 8.78. The number of benzene rings is 3. The topological polar surface area (TPSA) is 66.8 Å². The van der Waals surface area contributed by atoms with Crippen LogP contribution < -0.4 is 4.90 Å². The molecule has 5 heteroatoms. The van der Waals surface area contributed by atoms with Gasteiger partial charge in [0.25, 0.3) is 5.91 Å². The molecule has 0 spiro atoms. The van der Waals surface area contributed by atoms with E-state index in [1.807, 2.05) is 61.5 Å². The number of aryl methyl sites for hydroxylation is 1. The van der Waals surface area contributed by atoms with Crippen LogP contribution in [0.2, 0.25) is 0 Å². The molecule has 1 amide bonds. The monoisotopic (exact) mass is 441 g/mol. The predicted molar refractivity (Wildman–Crippen MR) is 130 cm³/mol. The van der Waals surface area contributed by atoms with Crippen molar-refractivity contribution in [3.8, 4) is 0 Å². The molecule has 1 N–H and O–H groups in total. The highest BCUT2D eigenvalue weighted by molar-refractivity contribution is 6.38. The number of para-hydroxylation sites is 1. The predicted octanol–water partition coefficient (Wildman–Crippen LogP) is 5.01. The molecule has 0 saturated heterocycles. The van der Waals surface area contributed by atoms with E-state index < -0.39 is 11.6 Å². The lowest BCUT2D eigenvalue weighted by atomic mass is 9.84. The summed E-state index contributed by atoms with van der Waals surface area (Å²) in [6.07, 6.45) is 0. The van der Waals surface area contributed by atoms with Gasteiger partial charge in [0.15, 0.2) is 0 Å². The third-order valence-corrected chi connectivity index (χ3v) is 5.81. The molecule has 0 aromatic heterocycles. The van der Waals surface area contributed by atoms with Gasteiger partial charge >= 0.3 is 5.97 Å². The maximum absolute atomic E-state index is 13.8. The van der Waals surface area contributed by atoms with Gasteiger partial charge in [-0.3, -0.25) is 4.79 Å². The SMILES string of the molecule is COC(=O)c1cccc(CN2C(=O)C(=C(c3ccc(C)cc3)C(C)(C)O)c3ccccc32)c1. The Labute approximate surface area is 193 Å². The number of nitrogens with zero attached hydrogens (tertiary/aromatic N) is 1. The van der Waals surface area contributed by atoms with Gasteiger partial charge in [-0.25, -0.2) is 4.79 Å². The van der Waals surface area contributed by atoms with E-state index in [1.54, 1.807) is 36.9 Å². The molecule has 3 aromatic carbocycles. The Kier molecular flexibility index (Phi) is 5.91. The molecule has 168 valence electrons. The van der Waals surface area contributed by atoms with E-state index in [2.05, 4.69) is 0 Å². The molecule has 0 unspecified atom stereocenters. The number of rotatable bonds is 5. The molecule has 0 fully saturated rings. The molecule has 1 heterocycles. The van der Waals surface area contributed by atoms with Crippen LogP contribution >= 0.6 is 0 Å². The maximum Gasteiger partial charge on any atom is 0.337 e. The van der Waals surface area contributed by atoms with Crippen LogP contribution in [0.1, 0.15) is 46.5 Å². The molecular formula is C28H27NO4. The average molecular weight is 442 g/mol. The van der Waals surface area contributed by atoms with Crippen molar-refractivity contribution >= 4 is 28.7 Å². The van der Waals surface area contributed by atoms with E-state index in [-0.39, 0.29) is 12.5 Å². The van der Waals surface area contributed by atoms with Gasteiger partial charge in [0.2, 0.25) is 0 Å². The van der Waals surface area contributed by atoms with Crippen molar-refractivity contribution in [2.75, 3.05) is 12.0 Å². The van der Waals surface area contributed by atoms with Crippen LogP contribution in [0, 0.1) is 6.92 Å². The minimum absolute atomic E-state index is 0.183. The fourth-order valence-corrected chi connectivity index (χ4v) is 4.30. The number of anilines is 1. The molecule has 0 saturated carbocycles. The highest BCUT2D eigenvalue weighted by atomic mass is 16.5. The molecule has 33 heavy (non-hydrogen) atoms. The lowest BCUT2D eigenvalue weighted by molar-refractivity contribution is -0.113. The second kappa shape index (κ2) is 8.68. The Morgan fingerprint density at radius 3 is 2.33 bits per heavy atom. The molecule has 4 rings (SSSR count). The van der Waals surface area contributed by atoms with Gasteiger partial charge in [0, 0.05) is 11.1 Å². The van der Waals surface area contributed by atoms with E-state index in [9.17, 15) is 14.7 Å². The van der Waals surface area contributed by atoms with Gasteiger partial charge < -0.3 is 14.7 Å². The molecule has 5 nitrogen and oxygen atoms in total. The van der Waals surface area contributed by atoms with Gasteiger partial charge in [-0.2, -0.15) is 0 Å². The minimum Gasteiger partial charge on any atom is -0.465 e. The van der Waals surface area contributed by atoms with Crippen molar-refractivity contribution in [2.45, 2.75) is 32.9 Å². The van der Waals surface area contributed by atoms with Crippen molar-refractivity contribution < 1.29 is 19.4 Å². The largest absolute Gasteiger partial charge is 0.465 e. The van der Waals surface area contributed by atoms with Gasteiger partial charge in [0.1, 0.15) is 0 Å². The van der Waals surface area contributed by atoms with Gasteiger partial charge in [-0.05, 0) is 50.1 Å². The average Bonchev–Trinajstić information content (AvgIpc) is 3.05. The molecule has 3 aromatic rings. The number of ether oxygens (including phenoxy) is 1. The summed E-state index contributed by atoms with van der Waals surface area (Å²) in [5, 5.41) is 11.1. The van der Waals surface area contributed by atoms with Crippen LogP contribution in [0.15, 0.2) is 72.8 Å². The van der Waals surface area contributed by atoms with E-state index >= 15 is 0 Å². The Hall–Kier alpha value is -3.70. The number of aliphatic hydroxyl groups is 1. The Morgan fingerprint density at radius 2 is 1.67 bits per heavy atom. The molecule has 1 aliphatic heterocycles. The van der Waals surface area contributed by atoms with Crippen molar-refractivity contribution in [3.63, 3.8) is 0 Å². The molecule has 0 aliphatic carbocycles. The fraction of sp³-hybridized carbons (Fsp3) is 0.214. The summed E-state index contributed by atoms with van der Waals surface area (Å²) in [6.45, 7) is 5.69. The lowest BCUT2D eigenvalue weighted by Crippen LogP contribution is -2.29. The van der Waals surface area contributed by atoms with Crippen LogP contribution in [0.3, 0.4) is 0 Å². The second-order valence-corrected chi connectivity index (χ2v) is 8.78. The summed E-state index contributed by atoms with van der Waals surface area (Å²) in [4.78, 5) is 27.5.